The third-order valence-corrected chi connectivity index (χ3v) is 3.20. The number of aryl methyl sites for hydroxylation is 1. The monoisotopic (exact) mass is 276 g/mol. The van der Waals surface area contributed by atoms with E-state index in [2.05, 4.69) is 10.5 Å². The normalized spacial score (nSPS) is 15.0. The number of benzene rings is 1. The van der Waals surface area contributed by atoms with Crippen LogP contribution in [-0.2, 0) is 4.79 Å². The Bertz CT molecular complexity index is 522. The smallest absolute Gasteiger partial charge is 0.223 e. The number of amides is 1. The van der Waals surface area contributed by atoms with Gasteiger partial charge in [0.1, 0.15) is 5.75 Å². The molecule has 0 heterocycles. The average molecular weight is 276 g/mol. The zero-order valence-electron chi connectivity index (χ0n) is 11.8. The number of nitrogens with zero attached hydrogens (tertiary/aromatic N) is 1. The van der Waals surface area contributed by atoms with Crippen molar-refractivity contribution < 1.29 is 14.7 Å². The van der Waals surface area contributed by atoms with Gasteiger partial charge >= 0.3 is 0 Å². The largest absolute Gasteiger partial charge is 0.492 e. The molecule has 5 nitrogen and oxygen atoms in total. The van der Waals surface area contributed by atoms with E-state index in [0.29, 0.717) is 30.5 Å². The Morgan fingerprint density at radius 2 is 2.25 bits per heavy atom. The standard InChI is InChI=1S/C15H20N2O3/c1-10-3-6-14(13(9-10)11(2)17-19)20-8-7-15(18)16-12-4-5-12/h3,6,9,12,19H,4-5,7-8H2,1-2H3,(H,16,18)/b17-11-. The van der Waals surface area contributed by atoms with Crippen molar-refractivity contribution in [1.29, 1.82) is 0 Å². The van der Waals surface area contributed by atoms with Gasteiger partial charge in [0, 0.05) is 11.6 Å². The summed E-state index contributed by atoms with van der Waals surface area (Å²) in [5, 5.41) is 15.0. The lowest BCUT2D eigenvalue weighted by Gasteiger charge is -2.11. The van der Waals surface area contributed by atoms with Gasteiger partial charge in [-0.05, 0) is 38.8 Å². The van der Waals surface area contributed by atoms with Gasteiger partial charge in [-0.25, -0.2) is 0 Å². The molecule has 1 amide bonds. The molecule has 1 saturated carbocycles. The lowest BCUT2D eigenvalue weighted by molar-refractivity contribution is -0.121. The van der Waals surface area contributed by atoms with Crippen molar-refractivity contribution in [3.63, 3.8) is 0 Å². The van der Waals surface area contributed by atoms with Crippen molar-refractivity contribution >= 4 is 11.6 Å². The molecular formula is C15H20N2O3. The Hall–Kier alpha value is -2.04. The van der Waals surface area contributed by atoms with Crippen LogP contribution < -0.4 is 10.1 Å². The maximum atomic E-state index is 11.6. The van der Waals surface area contributed by atoms with Gasteiger partial charge in [-0.3, -0.25) is 4.79 Å². The minimum Gasteiger partial charge on any atom is -0.492 e. The lowest BCUT2D eigenvalue weighted by atomic mass is 10.1. The molecule has 2 N–H and O–H groups in total. The van der Waals surface area contributed by atoms with E-state index in [1.165, 1.54) is 0 Å². The summed E-state index contributed by atoms with van der Waals surface area (Å²) in [6.07, 6.45) is 2.50. The molecule has 1 aromatic rings. The molecule has 1 fully saturated rings. The van der Waals surface area contributed by atoms with Crippen LogP contribution in [0.1, 0.15) is 37.3 Å². The van der Waals surface area contributed by atoms with Gasteiger partial charge < -0.3 is 15.3 Å². The van der Waals surface area contributed by atoms with Crippen molar-refractivity contribution in [3.8, 4) is 5.75 Å². The van der Waals surface area contributed by atoms with E-state index in [1.54, 1.807) is 6.92 Å². The van der Waals surface area contributed by atoms with Gasteiger partial charge in [0.25, 0.3) is 0 Å². The highest BCUT2D eigenvalue weighted by atomic mass is 16.5. The van der Waals surface area contributed by atoms with Crippen molar-refractivity contribution in [2.45, 2.75) is 39.2 Å². The minimum atomic E-state index is 0.0220. The van der Waals surface area contributed by atoms with Crippen LogP contribution in [0.15, 0.2) is 23.4 Å². The molecule has 0 atom stereocenters. The van der Waals surface area contributed by atoms with E-state index in [1.807, 2.05) is 25.1 Å². The number of carbonyl (C=O) groups excluding carboxylic acids is 1. The number of ether oxygens (including phenoxy) is 1. The zero-order valence-corrected chi connectivity index (χ0v) is 11.8. The highest BCUT2D eigenvalue weighted by Gasteiger charge is 2.22. The van der Waals surface area contributed by atoms with Gasteiger partial charge in [0.05, 0.1) is 18.7 Å². The predicted molar refractivity (Wildman–Crippen MR) is 76.5 cm³/mol. The van der Waals surface area contributed by atoms with Crippen LogP contribution in [0, 0.1) is 6.92 Å². The second-order valence-corrected chi connectivity index (χ2v) is 5.13. The quantitative estimate of drug-likeness (QED) is 0.475. The Kier molecular flexibility index (Phi) is 4.61. The summed E-state index contributed by atoms with van der Waals surface area (Å²) in [5.41, 5.74) is 2.29. The van der Waals surface area contributed by atoms with Gasteiger partial charge in [0.15, 0.2) is 0 Å². The van der Waals surface area contributed by atoms with E-state index in [0.717, 1.165) is 24.0 Å². The van der Waals surface area contributed by atoms with Crippen LogP contribution in [0.2, 0.25) is 0 Å². The molecule has 0 aromatic heterocycles. The van der Waals surface area contributed by atoms with Gasteiger partial charge in [-0.2, -0.15) is 0 Å². The summed E-state index contributed by atoms with van der Waals surface area (Å²) < 4.78 is 5.63. The van der Waals surface area contributed by atoms with E-state index in [9.17, 15) is 4.79 Å². The number of oxime groups is 1. The third-order valence-electron chi connectivity index (χ3n) is 3.20. The van der Waals surface area contributed by atoms with Crippen LogP contribution in [0.4, 0.5) is 0 Å². The first-order chi connectivity index (χ1) is 9.60. The second-order valence-electron chi connectivity index (χ2n) is 5.13. The summed E-state index contributed by atoms with van der Waals surface area (Å²) in [6, 6.07) is 6.03. The van der Waals surface area contributed by atoms with Crippen LogP contribution in [0.25, 0.3) is 0 Å². The summed E-state index contributed by atoms with van der Waals surface area (Å²) in [7, 11) is 0. The fourth-order valence-electron chi connectivity index (χ4n) is 1.89. The molecular weight excluding hydrogens is 256 g/mol. The second kappa shape index (κ2) is 6.41. The molecule has 1 aromatic carbocycles. The average Bonchev–Trinajstić information content (AvgIpc) is 3.23. The fourth-order valence-corrected chi connectivity index (χ4v) is 1.89. The van der Waals surface area contributed by atoms with Crippen molar-refractivity contribution in [2.24, 2.45) is 5.16 Å². The molecule has 1 aliphatic rings. The number of carbonyl (C=O) groups is 1. The lowest BCUT2D eigenvalue weighted by Crippen LogP contribution is -2.26. The maximum Gasteiger partial charge on any atom is 0.223 e. The van der Waals surface area contributed by atoms with Gasteiger partial charge in [-0.15, -0.1) is 0 Å². The van der Waals surface area contributed by atoms with Crippen LogP contribution >= 0.6 is 0 Å². The number of nitrogens with one attached hydrogen (secondary N) is 1. The van der Waals surface area contributed by atoms with Crippen molar-refractivity contribution in [3.05, 3.63) is 29.3 Å². The molecule has 0 spiro atoms. The molecule has 2 rings (SSSR count). The van der Waals surface area contributed by atoms with Crippen LogP contribution in [0.5, 0.6) is 5.75 Å². The van der Waals surface area contributed by atoms with E-state index >= 15 is 0 Å². The van der Waals surface area contributed by atoms with Gasteiger partial charge in [-0.1, -0.05) is 16.8 Å². The molecule has 5 heteroatoms. The summed E-state index contributed by atoms with van der Waals surface area (Å²) in [5.74, 6) is 0.652. The molecule has 0 aliphatic heterocycles. The SMILES string of the molecule is C/C(=N/O)c1cc(C)ccc1OCCC(=O)NC1CC1. The minimum absolute atomic E-state index is 0.0220. The van der Waals surface area contributed by atoms with E-state index < -0.39 is 0 Å². The van der Waals surface area contributed by atoms with Crippen LogP contribution in [0.3, 0.4) is 0 Å². The molecule has 0 saturated heterocycles. The number of hydrogen-bond donors (Lipinski definition) is 2. The Morgan fingerprint density at radius 1 is 1.50 bits per heavy atom. The molecule has 108 valence electrons. The third kappa shape index (κ3) is 3.98. The first-order valence-corrected chi connectivity index (χ1v) is 6.82. The fraction of sp³-hybridized carbons (Fsp3) is 0.467. The van der Waals surface area contributed by atoms with E-state index in [-0.39, 0.29) is 5.91 Å². The highest BCUT2D eigenvalue weighted by Crippen LogP contribution is 2.21. The molecule has 0 radical (unpaired) electrons. The molecule has 20 heavy (non-hydrogen) atoms. The Labute approximate surface area is 118 Å². The molecule has 1 aliphatic carbocycles. The summed E-state index contributed by atoms with van der Waals surface area (Å²) in [4.78, 5) is 11.6. The summed E-state index contributed by atoms with van der Waals surface area (Å²) in [6.45, 7) is 3.98. The summed E-state index contributed by atoms with van der Waals surface area (Å²) >= 11 is 0. The topological polar surface area (TPSA) is 70.9 Å². The highest BCUT2D eigenvalue weighted by molar-refractivity contribution is 6.00. The zero-order chi connectivity index (χ0) is 14.5. The Balaban J connectivity index is 1.92. The predicted octanol–water partition coefficient (Wildman–Crippen LogP) is 2.24. The Morgan fingerprint density at radius 3 is 2.90 bits per heavy atom. The number of rotatable bonds is 6. The van der Waals surface area contributed by atoms with Crippen molar-refractivity contribution in [1.82, 2.24) is 5.32 Å². The first-order valence-electron chi connectivity index (χ1n) is 6.82. The van der Waals surface area contributed by atoms with Crippen LogP contribution in [-0.4, -0.2) is 29.5 Å². The maximum absolute atomic E-state index is 11.6. The van der Waals surface area contributed by atoms with E-state index in [4.69, 9.17) is 9.94 Å². The first kappa shape index (κ1) is 14.4. The molecule has 0 bridgehead atoms. The van der Waals surface area contributed by atoms with Crippen molar-refractivity contribution in [2.75, 3.05) is 6.61 Å². The number of hydrogen-bond acceptors (Lipinski definition) is 4. The molecule has 0 unspecified atom stereocenters. The van der Waals surface area contributed by atoms with Gasteiger partial charge in [0.2, 0.25) is 5.91 Å².